The fourth-order valence-corrected chi connectivity index (χ4v) is 2.49. The summed E-state index contributed by atoms with van der Waals surface area (Å²) in [4.78, 5) is 8.60. The fourth-order valence-electron chi connectivity index (χ4n) is 2.21. The summed E-state index contributed by atoms with van der Waals surface area (Å²) in [5.41, 5.74) is 7.67. The Morgan fingerprint density at radius 3 is 2.65 bits per heavy atom. The molecule has 0 radical (unpaired) electrons. The van der Waals surface area contributed by atoms with E-state index in [1.165, 1.54) is 0 Å². The Morgan fingerprint density at radius 1 is 1.35 bits per heavy atom. The van der Waals surface area contributed by atoms with Crippen LogP contribution < -0.4 is 10.6 Å². The Hall–Kier alpha value is -1.00. The molecule has 0 atom stereocenters. The van der Waals surface area contributed by atoms with Crippen molar-refractivity contribution in [3.05, 3.63) is 17.4 Å². The lowest BCUT2D eigenvalue weighted by molar-refractivity contribution is 0.139. The molecule has 94 valence electrons. The first-order valence-electron chi connectivity index (χ1n) is 5.77. The van der Waals surface area contributed by atoms with Gasteiger partial charge in [-0.2, -0.15) is 0 Å². The molecule has 4 nitrogen and oxygen atoms in total. The van der Waals surface area contributed by atoms with Crippen LogP contribution in [-0.4, -0.2) is 42.1 Å². The number of rotatable bonds is 1. The van der Waals surface area contributed by atoms with Gasteiger partial charge in [-0.1, -0.05) is 11.6 Å². The number of aromatic nitrogens is 1. The van der Waals surface area contributed by atoms with Crippen LogP contribution in [0.5, 0.6) is 0 Å². The van der Waals surface area contributed by atoms with E-state index in [1.807, 2.05) is 0 Å². The number of hydrogen-bond acceptors (Lipinski definition) is 4. The van der Waals surface area contributed by atoms with Crippen molar-refractivity contribution >= 4 is 23.0 Å². The third kappa shape index (κ3) is 2.33. The summed E-state index contributed by atoms with van der Waals surface area (Å²) in [5.74, 6) is 0. The molecule has 0 amide bonds. The smallest absolute Gasteiger partial charge is 0.0843 e. The van der Waals surface area contributed by atoms with Crippen LogP contribution in [0.15, 0.2) is 12.4 Å². The molecule has 1 fully saturated rings. The van der Waals surface area contributed by atoms with E-state index in [9.17, 15) is 0 Å². The van der Waals surface area contributed by atoms with E-state index < -0.39 is 0 Å². The van der Waals surface area contributed by atoms with E-state index in [0.29, 0.717) is 10.7 Å². The van der Waals surface area contributed by atoms with Crippen LogP contribution in [0, 0.1) is 0 Å². The maximum absolute atomic E-state index is 6.19. The summed E-state index contributed by atoms with van der Waals surface area (Å²) in [5, 5.41) is 0.630. The molecule has 2 N–H and O–H groups in total. The minimum atomic E-state index is 0.122. The number of hydrogen-bond donors (Lipinski definition) is 1. The van der Waals surface area contributed by atoms with Crippen LogP contribution in [0.4, 0.5) is 11.4 Å². The zero-order chi connectivity index (χ0) is 12.6. The molecule has 2 heterocycles. The number of nitrogens with two attached hydrogens (primary N) is 1. The van der Waals surface area contributed by atoms with Gasteiger partial charge in [0.15, 0.2) is 0 Å². The molecule has 1 aromatic heterocycles. The second-order valence-corrected chi connectivity index (χ2v) is 5.62. The molecule has 0 aromatic carbocycles. The van der Waals surface area contributed by atoms with Gasteiger partial charge in [-0.3, -0.25) is 9.88 Å². The molecule has 0 bridgehead atoms. The molecule has 17 heavy (non-hydrogen) atoms. The van der Waals surface area contributed by atoms with Gasteiger partial charge in [-0.15, -0.1) is 0 Å². The van der Waals surface area contributed by atoms with Crippen LogP contribution in [-0.2, 0) is 0 Å². The van der Waals surface area contributed by atoms with Crippen LogP contribution in [0.3, 0.4) is 0 Å². The van der Waals surface area contributed by atoms with Crippen molar-refractivity contribution in [2.75, 3.05) is 37.3 Å². The van der Waals surface area contributed by atoms with Gasteiger partial charge in [0.25, 0.3) is 0 Å². The van der Waals surface area contributed by atoms with Gasteiger partial charge in [-0.25, -0.2) is 0 Å². The Labute approximate surface area is 107 Å². The molecule has 0 unspecified atom stereocenters. The maximum atomic E-state index is 6.19. The van der Waals surface area contributed by atoms with Gasteiger partial charge in [0.1, 0.15) is 0 Å². The first-order valence-corrected chi connectivity index (χ1v) is 6.15. The van der Waals surface area contributed by atoms with Crippen molar-refractivity contribution in [1.29, 1.82) is 0 Å². The summed E-state index contributed by atoms with van der Waals surface area (Å²) in [6.45, 7) is 7.31. The average Bonchev–Trinajstić information content (AvgIpc) is 2.22. The summed E-state index contributed by atoms with van der Waals surface area (Å²) >= 11 is 6.19. The molecule has 0 aliphatic carbocycles. The number of pyridine rings is 1. The second kappa shape index (κ2) is 4.35. The van der Waals surface area contributed by atoms with Gasteiger partial charge in [0.2, 0.25) is 0 Å². The van der Waals surface area contributed by atoms with E-state index in [4.69, 9.17) is 17.3 Å². The molecule has 2 rings (SSSR count). The van der Waals surface area contributed by atoms with E-state index in [2.05, 4.69) is 35.7 Å². The summed E-state index contributed by atoms with van der Waals surface area (Å²) < 4.78 is 0. The van der Waals surface area contributed by atoms with Gasteiger partial charge in [0.05, 0.1) is 22.6 Å². The van der Waals surface area contributed by atoms with Crippen molar-refractivity contribution in [2.24, 2.45) is 0 Å². The van der Waals surface area contributed by atoms with Crippen molar-refractivity contribution < 1.29 is 0 Å². The van der Waals surface area contributed by atoms with Crippen molar-refractivity contribution in [1.82, 2.24) is 9.88 Å². The summed E-state index contributed by atoms with van der Waals surface area (Å²) in [6.07, 6.45) is 3.31. The molecule has 1 saturated heterocycles. The second-order valence-electron chi connectivity index (χ2n) is 5.21. The van der Waals surface area contributed by atoms with E-state index >= 15 is 0 Å². The molecule has 0 spiro atoms. The number of likely N-dealkylation sites (N-methyl/N-ethyl adjacent to an activating group) is 1. The predicted molar refractivity (Wildman–Crippen MR) is 72.6 cm³/mol. The number of halogens is 1. The van der Waals surface area contributed by atoms with Crippen molar-refractivity contribution in [3.8, 4) is 0 Å². The largest absolute Gasteiger partial charge is 0.396 e. The Bertz CT molecular complexity index is 399. The van der Waals surface area contributed by atoms with Gasteiger partial charge in [0, 0.05) is 31.4 Å². The lowest BCUT2D eigenvalue weighted by Gasteiger charge is -2.46. The monoisotopic (exact) mass is 254 g/mol. The predicted octanol–water partition coefficient (Wildman–Crippen LogP) is 1.85. The number of nitrogen functional groups attached to an aromatic ring is 1. The van der Waals surface area contributed by atoms with Gasteiger partial charge in [-0.05, 0) is 20.9 Å². The van der Waals surface area contributed by atoms with Crippen LogP contribution in [0.2, 0.25) is 5.02 Å². The highest BCUT2D eigenvalue weighted by Gasteiger charge is 2.32. The SMILES string of the molecule is CN1CCN(c2c(N)cncc2Cl)CC1(C)C. The highest BCUT2D eigenvalue weighted by molar-refractivity contribution is 6.33. The van der Waals surface area contributed by atoms with E-state index in [-0.39, 0.29) is 5.54 Å². The quantitative estimate of drug-likeness (QED) is 0.831. The third-order valence-corrected chi connectivity index (χ3v) is 3.81. The zero-order valence-corrected chi connectivity index (χ0v) is 11.3. The Balaban J connectivity index is 2.30. The molecule has 1 aliphatic rings. The summed E-state index contributed by atoms with van der Waals surface area (Å²) in [7, 11) is 2.15. The lowest BCUT2D eigenvalue weighted by atomic mass is 9.99. The van der Waals surface area contributed by atoms with Crippen molar-refractivity contribution in [2.45, 2.75) is 19.4 Å². The minimum absolute atomic E-state index is 0.122. The Kier molecular flexibility index (Phi) is 3.19. The number of anilines is 2. The van der Waals surface area contributed by atoms with Crippen LogP contribution in [0.1, 0.15) is 13.8 Å². The van der Waals surface area contributed by atoms with E-state index in [0.717, 1.165) is 25.3 Å². The first-order chi connectivity index (χ1) is 7.92. The van der Waals surface area contributed by atoms with Crippen LogP contribution in [0.25, 0.3) is 0 Å². The Morgan fingerprint density at radius 2 is 2.06 bits per heavy atom. The zero-order valence-electron chi connectivity index (χ0n) is 10.6. The minimum Gasteiger partial charge on any atom is -0.396 e. The first kappa shape index (κ1) is 12.5. The van der Waals surface area contributed by atoms with Crippen molar-refractivity contribution in [3.63, 3.8) is 0 Å². The average molecular weight is 255 g/mol. The number of nitrogens with zero attached hydrogens (tertiary/aromatic N) is 3. The molecule has 1 aromatic rings. The fraction of sp³-hybridized carbons (Fsp3) is 0.583. The molecular weight excluding hydrogens is 236 g/mol. The molecular formula is C12H19ClN4. The standard InChI is InChI=1S/C12H19ClN4/c1-12(2)8-17(5-4-16(12)3)11-9(13)6-15-7-10(11)14/h6-7H,4-5,8,14H2,1-3H3. The highest BCUT2D eigenvalue weighted by Crippen LogP contribution is 2.33. The van der Waals surface area contributed by atoms with Crippen LogP contribution >= 0.6 is 11.6 Å². The topological polar surface area (TPSA) is 45.4 Å². The lowest BCUT2D eigenvalue weighted by Crippen LogP contribution is -2.57. The van der Waals surface area contributed by atoms with Gasteiger partial charge >= 0.3 is 0 Å². The normalized spacial score (nSPS) is 20.6. The van der Waals surface area contributed by atoms with E-state index in [1.54, 1.807) is 12.4 Å². The number of piperazine rings is 1. The highest BCUT2D eigenvalue weighted by atomic mass is 35.5. The maximum Gasteiger partial charge on any atom is 0.0843 e. The molecule has 0 saturated carbocycles. The third-order valence-electron chi connectivity index (χ3n) is 3.53. The van der Waals surface area contributed by atoms with Gasteiger partial charge < -0.3 is 10.6 Å². The summed E-state index contributed by atoms with van der Waals surface area (Å²) in [6, 6.07) is 0. The molecule has 1 aliphatic heterocycles. The molecule has 5 heteroatoms.